The smallest absolute Gasteiger partial charge is 0.308 e. The van der Waals surface area contributed by atoms with E-state index in [2.05, 4.69) is 24.3 Å². The molecule has 0 fully saturated rings. The lowest BCUT2D eigenvalue weighted by Crippen LogP contribution is -2.43. The predicted molar refractivity (Wildman–Crippen MR) is 95.7 cm³/mol. The fraction of sp³-hybridized carbons (Fsp3) is 0.350. The fourth-order valence-electron chi connectivity index (χ4n) is 2.79. The maximum atomic E-state index is 11.1. The minimum absolute atomic E-state index is 0.235. The van der Waals surface area contributed by atoms with E-state index in [0.717, 1.165) is 16.7 Å². The van der Waals surface area contributed by atoms with E-state index >= 15 is 0 Å². The first kappa shape index (κ1) is 18.2. The Morgan fingerprint density at radius 3 is 2.08 bits per heavy atom. The molecule has 0 aliphatic heterocycles. The van der Waals surface area contributed by atoms with E-state index in [1.807, 2.05) is 44.2 Å². The summed E-state index contributed by atoms with van der Waals surface area (Å²) in [4.78, 5) is 11.1. The first-order chi connectivity index (χ1) is 11.4. The first-order valence-electron chi connectivity index (χ1n) is 8.11. The minimum Gasteiger partial charge on any atom is -0.481 e. The number of carboxylic acid groups (broad SMARTS) is 1. The van der Waals surface area contributed by atoms with Crippen molar-refractivity contribution in [3.8, 4) is 11.1 Å². The molecule has 0 aromatic heterocycles. The summed E-state index contributed by atoms with van der Waals surface area (Å²) in [5.41, 5.74) is 9.21. The van der Waals surface area contributed by atoms with Gasteiger partial charge in [-0.2, -0.15) is 0 Å². The summed E-state index contributed by atoms with van der Waals surface area (Å²) in [7, 11) is 0. The predicted octanol–water partition coefficient (Wildman–Crippen LogP) is 3.04. The summed E-state index contributed by atoms with van der Waals surface area (Å²) >= 11 is 0. The Kier molecular flexibility index (Phi) is 5.75. The van der Waals surface area contributed by atoms with Gasteiger partial charge in [0, 0.05) is 11.5 Å². The number of carboxylic acids is 1. The average molecular weight is 327 g/mol. The minimum atomic E-state index is -1.01. The normalized spacial score (nSPS) is 14.2. The van der Waals surface area contributed by atoms with Gasteiger partial charge in [-0.3, -0.25) is 4.79 Å². The molecule has 0 saturated carbocycles. The Morgan fingerprint density at radius 1 is 1.04 bits per heavy atom. The highest BCUT2D eigenvalue weighted by Gasteiger charge is 2.32. The molecular formula is C20H25NO3. The largest absolute Gasteiger partial charge is 0.481 e. The van der Waals surface area contributed by atoms with Crippen LogP contribution in [-0.2, 0) is 10.2 Å². The van der Waals surface area contributed by atoms with Crippen LogP contribution in [-0.4, -0.2) is 28.8 Å². The third kappa shape index (κ3) is 4.02. The van der Waals surface area contributed by atoms with Gasteiger partial charge in [0.2, 0.25) is 0 Å². The highest BCUT2D eigenvalue weighted by Crippen LogP contribution is 2.31. The molecule has 2 rings (SSSR count). The number of aliphatic hydroxyl groups is 1. The molecular weight excluding hydrogens is 302 g/mol. The molecule has 0 radical (unpaired) electrons. The number of nitrogens with two attached hydrogens (primary N) is 1. The van der Waals surface area contributed by atoms with Gasteiger partial charge in [-0.25, -0.2) is 0 Å². The highest BCUT2D eigenvalue weighted by molar-refractivity contribution is 5.70. The lowest BCUT2D eigenvalue weighted by Gasteiger charge is -2.33. The first-order valence-corrected chi connectivity index (χ1v) is 8.11. The monoisotopic (exact) mass is 327 g/mol. The van der Waals surface area contributed by atoms with Crippen LogP contribution in [0.2, 0.25) is 0 Å². The van der Waals surface area contributed by atoms with Gasteiger partial charge < -0.3 is 15.9 Å². The SMILES string of the molecule is CC(C)(c1ccc(-c2ccccc2)cc1)[C@@H](N)C[C@@H](CO)C(=O)O. The zero-order chi connectivity index (χ0) is 17.7. The maximum absolute atomic E-state index is 11.1. The van der Waals surface area contributed by atoms with Crippen LogP contribution in [0.5, 0.6) is 0 Å². The molecule has 2 aromatic carbocycles. The van der Waals surface area contributed by atoms with Gasteiger partial charge in [-0.15, -0.1) is 0 Å². The van der Waals surface area contributed by atoms with Gasteiger partial charge in [0.15, 0.2) is 0 Å². The molecule has 0 saturated heterocycles. The molecule has 24 heavy (non-hydrogen) atoms. The summed E-state index contributed by atoms with van der Waals surface area (Å²) in [6.07, 6.45) is 0.235. The fourth-order valence-corrected chi connectivity index (χ4v) is 2.79. The number of aliphatic carboxylic acids is 1. The van der Waals surface area contributed by atoms with Gasteiger partial charge in [0.25, 0.3) is 0 Å². The molecule has 0 amide bonds. The molecule has 4 nitrogen and oxygen atoms in total. The summed E-state index contributed by atoms with van der Waals surface area (Å²) in [6.45, 7) is 3.61. The second-order valence-corrected chi connectivity index (χ2v) is 6.72. The van der Waals surface area contributed by atoms with E-state index in [4.69, 9.17) is 10.8 Å². The third-order valence-corrected chi connectivity index (χ3v) is 4.77. The summed E-state index contributed by atoms with van der Waals surface area (Å²) in [5.74, 6) is -1.84. The van der Waals surface area contributed by atoms with Crippen LogP contribution in [0.25, 0.3) is 11.1 Å². The molecule has 0 unspecified atom stereocenters. The Bertz CT molecular complexity index is 665. The van der Waals surface area contributed by atoms with Crippen LogP contribution in [0.4, 0.5) is 0 Å². The number of benzene rings is 2. The van der Waals surface area contributed by atoms with Gasteiger partial charge in [0.1, 0.15) is 0 Å². The summed E-state index contributed by atoms with van der Waals surface area (Å²) < 4.78 is 0. The number of rotatable bonds is 7. The van der Waals surface area contributed by atoms with Gasteiger partial charge in [-0.05, 0) is 23.1 Å². The summed E-state index contributed by atoms with van der Waals surface area (Å²) in [5, 5.41) is 18.3. The summed E-state index contributed by atoms with van der Waals surface area (Å²) in [6, 6.07) is 17.9. The molecule has 0 bridgehead atoms. The van der Waals surface area contributed by atoms with Crippen LogP contribution in [0.3, 0.4) is 0 Å². The second kappa shape index (κ2) is 7.60. The van der Waals surface area contributed by atoms with Crippen molar-refractivity contribution in [2.75, 3.05) is 6.61 Å². The molecule has 0 spiro atoms. The number of hydrogen-bond donors (Lipinski definition) is 3. The Hall–Kier alpha value is -2.17. The molecule has 0 heterocycles. The molecule has 128 valence electrons. The van der Waals surface area contributed by atoms with Crippen molar-refractivity contribution >= 4 is 5.97 Å². The number of hydrogen-bond acceptors (Lipinski definition) is 3. The van der Waals surface area contributed by atoms with E-state index < -0.39 is 23.9 Å². The van der Waals surface area contributed by atoms with Crippen molar-refractivity contribution in [2.24, 2.45) is 11.7 Å². The lowest BCUT2D eigenvalue weighted by atomic mass is 9.74. The Labute approximate surface area is 142 Å². The van der Waals surface area contributed by atoms with Crippen molar-refractivity contribution in [2.45, 2.75) is 31.7 Å². The van der Waals surface area contributed by atoms with E-state index in [1.165, 1.54) is 0 Å². The van der Waals surface area contributed by atoms with Crippen LogP contribution in [0, 0.1) is 5.92 Å². The Morgan fingerprint density at radius 2 is 1.58 bits per heavy atom. The maximum Gasteiger partial charge on any atom is 0.308 e. The van der Waals surface area contributed by atoms with Gasteiger partial charge in [0.05, 0.1) is 12.5 Å². The van der Waals surface area contributed by atoms with Crippen LogP contribution < -0.4 is 5.73 Å². The van der Waals surface area contributed by atoms with Crippen molar-refractivity contribution < 1.29 is 15.0 Å². The van der Waals surface area contributed by atoms with Crippen LogP contribution >= 0.6 is 0 Å². The lowest BCUT2D eigenvalue weighted by molar-refractivity contribution is -0.143. The molecule has 4 N–H and O–H groups in total. The van der Waals surface area contributed by atoms with E-state index in [1.54, 1.807) is 0 Å². The number of aliphatic hydroxyl groups excluding tert-OH is 1. The standard InChI is InChI=1S/C20H25NO3/c1-20(2,18(21)12-16(13-22)19(23)24)17-10-8-15(9-11-17)14-6-4-3-5-7-14/h3-11,16,18,22H,12-13,21H2,1-2H3,(H,23,24)/t16-,18-/m0/s1. The third-order valence-electron chi connectivity index (χ3n) is 4.77. The van der Waals surface area contributed by atoms with E-state index in [9.17, 15) is 9.90 Å². The molecule has 2 aromatic rings. The number of carbonyl (C=O) groups is 1. The zero-order valence-electron chi connectivity index (χ0n) is 14.1. The van der Waals surface area contributed by atoms with Crippen molar-refractivity contribution in [3.63, 3.8) is 0 Å². The van der Waals surface area contributed by atoms with E-state index in [0.29, 0.717) is 0 Å². The van der Waals surface area contributed by atoms with E-state index in [-0.39, 0.29) is 12.5 Å². The van der Waals surface area contributed by atoms with Crippen molar-refractivity contribution in [3.05, 3.63) is 60.2 Å². The highest BCUT2D eigenvalue weighted by atomic mass is 16.4. The van der Waals surface area contributed by atoms with Crippen LogP contribution in [0.15, 0.2) is 54.6 Å². The average Bonchev–Trinajstić information content (AvgIpc) is 2.60. The quantitative estimate of drug-likeness (QED) is 0.730. The molecule has 0 aliphatic carbocycles. The molecule has 0 aliphatic rings. The second-order valence-electron chi connectivity index (χ2n) is 6.72. The molecule has 2 atom stereocenters. The van der Waals surface area contributed by atoms with Gasteiger partial charge in [-0.1, -0.05) is 68.4 Å². The van der Waals surface area contributed by atoms with Crippen molar-refractivity contribution in [1.82, 2.24) is 0 Å². The zero-order valence-corrected chi connectivity index (χ0v) is 14.1. The van der Waals surface area contributed by atoms with Crippen molar-refractivity contribution in [1.29, 1.82) is 0 Å². The van der Waals surface area contributed by atoms with Crippen LogP contribution in [0.1, 0.15) is 25.8 Å². The molecule has 4 heteroatoms. The Balaban J connectivity index is 2.18. The topological polar surface area (TPSA) is 83.5 Å². The van der Waals surface area contributed by atoms with Gasteiger partial charge >= 0.3 is 5.97 Å².